The van der Waals surface area contributed by atoms with Crippen molar-refractivity contribution in [3.8, 4) is 5.75 Å². The van der Waals surface area contributed by atoms with Crippen LogP contribution in [0.4, 0.5) is 5.69 Å². The van der Waals surface area contributed by atoms with Crippen LogP contribution in [0.5, 0.6) is 5.75 Å². The summed E-state index contributed by atoms with van der Waals surface area (Å²) in [5.41, 5.74) is 5.61. The second-order valence-corrected chi connectivity index (χ2v) is 5.24. The van der Waals surface area contributed by atoms with Gasteiger partial charge in [-0.05, 0) is 30.3 Å². The van der Waals surface area contributed by atoms with Crippen molar-refractivity contribution >= 4 is 28.5 Å². The van der Waals surface area contributed by atoms with Crippen molar-refractivity contribution in [2.45, 2.75) is 0 Å². The minimum Gasteiger partial charge on any atom is -0.497 e. The third kappa shape index (κ3) is 3.35. The molecule has 1 heterocycles. The van der Waals surface area contributed by atoms with Crippen molar-refractivity contribution in [3.63, 3.8) is 0 Å². The van der Waals surface area contributed by atoms with Crippen molar-refractivity contribution in [3.05, 3.63) is 70.1 Å². The fourth-order valence-electron chi connectivity index (χ4n) is 2.41. The van der Waals surface area contributed by atoms with Gasteiger partial charge in [0.05, 0.1) is 12.7 Å². The van der Waals surface area contributed by atoms with Gasteiger partial charge in [0.15, 0.2) is 0 Å². The Morgan fingerprint density at radius 3 is 2.64 bits per heavy atom. The smallest absolute Gasteiger partial charge is 0.337 e. The standard InChI is InChI=1S/C18H14N2O5/c1-24-12-5-6-13-14(9-16(21)25-15(13)8-12)18(23)20-11-4-2-3-10(7-11)17(19)22/h2-9H,1H3,(H2,19,22)(H,20,23). The molecule has 0 bridgehead atoms. The minimum absolute atomic E-state index is 0.151. The molecule has 0 aliphatic heterocycles. The van der Waals surface area contributed by atoms with Crippen LogP contribution in [0.1, 0.15) is 20.7 Å². The fraction of sp³-hybridized carbons (Fsp3) is 0.0556. The molecule has 0 saturated carbocycles. The number of hydrogen-bond donors (Lipinski definition) is 2. The summed E-state index contributed by atoms with van der Waals surface area (Å²) in [7, 11) is 1.49. The number of carbonyl (C=O) groups excluding carboxylic acids is 2. The lowest BCUT2D eigenvalue weighted by atomic mass is 10.1. The topological polar surface area (TPSA) is 112 Å². The van der Waals surface area contributed by atoms with Gasteiger partial charge in [-0.25, -0.2) is 4.79 Å². The largest absolute Gasteiger partial charge is 0.497 e. The molecule has 3 rings (SSSR count). The van der Waals surface area contributed by atoms with Crippen molar-refractivity contribution in [2.24, 2.45) is 5.73 Å². The summed E-state index contributed by atoms with van der Waals surface area (Å²) in [6.07, 6.45) is 0. The van der Waals surface area contributed by atoms with Crippen LogP contribution in [-0.4, -0.2) is 18.9 Å². The summed E-state index contributed by atoms with van der Waals surface area (Å²) in [6, 6.07) is 12.1. The molecular weight excluding hydrogens is 324 g/mol. The molecule has 7 heteroatoms. The molecule has 7 nitrogen and oxygen atoms in total. The summed E-state index contributed by atoms with van der Waals surface area (Å²) in [5, 5.41) is 3.10. The number of anilines is 1. The van der Waals surface area contributed by atoms with E-state index in [-0.39, 0.29) is 16.7 Å². The van der Waals surface area contributed by atoms with E-state index in [1.165, 1.54) is 25.3 Å². The van der Waals surface area contributed by atoms with Gasteiger partial charge in [-0.15, -0.1) is 0 Å². The van der Waals surface area contributed by atoms with Crippen molar-refractivity contribution in [2.75, 3.05) is 12.4 Å². The Labute approximate surface area is 142 Å². The van der Waals surface area contributed by atoms with E-state index >= 15 is 0 Å². The molecular formula is C18H14N2O5. The van der Waals surface area contributed by atoms with Crippen molar-refractivity contribution in [1.29, 1.82) is 0 Å². The number of methoxy groups -OCH3 is 1. The highest BCUT2D eigenvalue weighted by Gasteiger charge is 2.14. The number of nitrogens with one attached hydrogen (secondary N) is 1. The number of ether oxygens (including phenoxy) is 1. The summed E-state index contributed by atoms with van der Waals surface area (Å²) in [4.78, 5) is 35.6. The Morgan fingerprint density at radius 2 is 1.92 bits per heavy atom. The van der Waals surface area contributed by atoms with E-state index in [1.54, 1.807) is 24.3 Å². The first-order valence-electron chi connectivity index (χ1n) is 7.31. The van der Waals surface area contributed by atoms with Crippen LogP contribution in [0.25, 0.3) is 11.0 Å². The van der Waals surface area contributed by atoms with Crippen LogP contribution < -0.4 is 21.4 Å². The first-order valence-corrected chi connectivity index (χ1v) is 7.31. The van der Waals surface area contributed by atoms with Gasteiger partial charge >= 0.3 is 5.63 Å². The van der Waals surface area contributed by atoms with Gasteiger partial charge in [-0.2, -0.15) is 0 Å². The molecule has 0 atom stereocenters. The van der Waals surface area contributed by atoms with E-state index < -0.39 is 17.4 Å². The highest BCUT2D eigenvalue weighted by molar-refractivity contribution is 6.12. The molecule has 25 heavy (non-hydrogen) atoms. The van der Waals surface area contributed by atoms with Crippen LogP contribution in [-0.2, 0) is 0 Å². The van der Waals surface area contributed by atoms with Gasteiger partial charge in [0, 0.05) is 28.8 Å². The number of hydrogen-bond acceptors (Lipinski definition) is 5. The second kappa shape index (κ2) is 6.48. The lowest BCUT2D eigenvalue weighted by Gasteiger charge is -2.09. The molecule has 2 aromatic carbocycles. The van der Waals surface area contributed by atoms with E-state index in [9.17, 15) is 14.4 Å². The van der Waals surface area contributed by atoms with E-state index in [0.717, 1.165) is 6.07 Å². The number of benzene rings is 2. The lowest BCUT2D eigenvalue weighted by Crippen LogP contribution is -2.16. The normalized spacial score (nSPS) is 10.4. The Balaban J connectivity index is 2.01. The van der Waals surface area contributed by atoms with Crippen LogP contribution in [0, 0.1) is 0 Å². The SMILES string of the molecule is COc1ccc2c(C(=O)Nc3cccc(C(N)=O)c3)cc(=O)oc2c1. The zero-order chi connectivity index (χ0) is 18.0. The first-order chi connectivity index (χ1) is 12.0. The molecule has 0 fully saturated rings. The predicted molar refractivity (Wildman–Crippen MR) is 91.9 cm³/mol. The summed E-state index contributed by atoms with van der Waals surface area (Å²) < 4.78 is 10.2. The van der Waals surface area contributed by atoms with Gasteiger partial charge < -0.3 is 20.2 Å². The number of fused-ring (bicyclic) bond motifs is 1. The van der Waals surface area contributed by atoms with Crippen molar-refractivity contribution in [1.82, 2.24) is 0 Å². The van der Waals surface area contributed by atoms with Gasteiger partial charge in [-0.3, -0.25) is 9.59 Å². The summed E-state index contributed by atoms with van der Waals surface area (Å²) in [6.45, 7) is 0. The molecule has 0 aliphatic carbocycles. The summed E-state index contributed by atoms with van der Waals surface area (Å²) in [5.74, 6) is -0.610. The number of carbonyl (C=O) groups is 2. The van der Waals surface area contributed by atoms with Gasteiger partial charge in [0.1, 0.15) is 11.3 Å². The van der Waals surface area contributed by atoms with Gasteiger partial charge in [-0.1, -0.05) is 6.07 Å². The summed E-state index contributed by atoms with van der Waals surface area (Å²) >= 11 is 0. The van der Waals surface area contributed by atoms with E-state index in [1.807, 2.05) is 0 Å². The highest BCUT2D eigenvalue weighted by Crippen LogP contribution is 2.23. The molecule has 0 saturated heterocycles. The van der Waals surface area contributed by atoms with Crippen LogP contribution >= 0.6 is 0 Å². The highest BCUT2D eigenvalue weighted by atomic mass is 16.5. The molecule has 2 amide bonds. The van der Waals surface area contributed by atoms with Crippen LogP contribution in [0.3, 0.4) is 0 Å². The first kappa shape index (κ1) is 16.3. The maximum Gasteiger partial charge on any atom is 0.337 e. The van der Waals surface area contributed by atoms with E-state index in [4.69, 9.17) is 14.9 Å². The molecule has 0 unspecified atom stereocenters. The maximum atomic E-state index is 12.6. The maximum absolute atomic E-state index is 12.6. The van der Waals surface area contributed by atoms with Gasteiger partial charge in [0.2, 0.25) is 5.91 Å². The third-order valence-corrected chi connectivity index (χ3v) is 3.60. The fourth-order valence-corrected chi connectivity index (χ4v) is 2.41. The Kier molecular flexibility index (Phi) is 4.21. The lowest BCUT2D eigenvalue weighted by molar-refractivity contribution is 0.0996. The Hall–Kier alpha value is -3.61. The molecule has 0 aliphatic rings. The van der Waals surface area contributed by atoms with E-state index in [0.29, 0.717) is 16.8 Å². The molecule has 3 aromatic rings. The minimum atomic E-state index is -0.656. The monoisotopic (exact) mass is 338 g/mol. The van der Waals surface area contributed by atoms with Crippen molar-refractivity contribution < 1.29 is 18.7 Å². The zero-order valence-electron chi connectivity index (χ0n) is 13.2. The molecule has 126 valence electrons. The molecule has 0 spiro atoms. The molecule has 0 radical (unpaired) electrons. The average Bonchev–Trinajstić information content (AvgIpc) is 2.60. The third-order valence-electron chi connectivity index (χ3n) is 3.60. The van der Waals surface area contributed by atoms with E-state index in [2.05, 4.69) is 5.32 Å². The average molecular weight is 338 g/mol. The Bertz CT molecular complexity index is 1040. The second-order valence-electron chi connectivity index (χ2n) is 5.24. The van der Waals surface area contributed by atoms with Gasteiger partial charge in [0.25, 0.3) is 5.91 Å². The number of rotatable bonds is 4. The zero-order valence-corrected chi connectivity index (χ0v) is 13.2. The predicted octanol–water partition coefficient (Wildman–Crippen LogP) is 2.15. The number of amides is 2. The number of primary amides is 1. The Morgan fingerprint density at radius 1 is 1.12 bits per heavy atom. The quantitative estimate of drug-likeness (QED) is 0.708. The molecule has 1 aromatic heterocycles. The number of nitrogens with two attached hydrogens (primary N) is 1. The van der Waals surface area contributed by atoms with Crippen LogP contribution in [0.15, 0.2) is 57.7 Å². The molecule has 3 N–H and O–H groups in total. The van der Waals surface area contributed by atoms with Crippen LogP contribution in [0.2, 0.25) is 0 Å².